The summed E-state index contributed by atoms with van der Waals surface area (Å²) in [6.45, 7) is 11.1. The molecule has 1 unspecified atom stereocenters. The van der Waals surface area contributed by atoms with Crippen LogP contribution in [0, 0.1) is 6.92 Å². The van der Waals surface area contributed by atoms with Gasteiger partial charge in [0.05, 0.1) is 11.2 Å². The summed E-state index contributed by atoms with van der Waals surface area (Å²) in [5.41, 5.74) is 5.44. The molecule has 0 saturated carbocycles. The minimum atomic E-state index is -0.0931. The van der Waals surface area contributed by atoms with Crippen LogP contribution in [0.5, 0.6) is 0 Å². The van der Waals surface area contributed by atoms with E-state index in [9.17, 15) is 0 Å². The molecule has 0 bridgehead atoms. The maximum absolute atomic E-state index is 2.51. The Hall–Kier alpha value is -2.06. The van der Waals surface area contributed by atoms with E-state index in [1.54, 1.807) is 0 Å². The summed E-state index contributed by atoms with van der Waals surface area (Å²) in [6, 6.07) is 15.5. The Morgan fingerprint density at radius 1 is 1.00 bits per heavy atom. The molecule has 4 rings (SSSR count). The van der Waals surface area contributed by atoms with Crippen LogP contribution in [0.1, 0.15) is 31.9 Å². The van der Waals surface area contributed by atoms with Gasteiger partial charge in [0.2, 0.25) is 0 Å². The molecule has 0 fully saturated rings. The van der Waals surface area contributed by atoms with Gasteiger partial charge in [-0.1, -0.05) is 50.2 Å². The molecule has 2 aromatic rings. The van der Waals surface area contributed by atoms with Gasteiger partial charge in [-0.25, -0.2) is 5.01 Å². The molecule has 0 aromatic heterocycles. The molecule has 0 amide bonds. The van der Waals surface area contributed by atoms with Crippen LogP contribution in [0.3, 0.4) is 0 Å². The molecule has 1 aliphatic carbocycles. The molecular formula is C21H24N2. The number of nitrogens with zero attached hydrogens (tertiary/aromatic N) is 2. The predicted octanol–water partition coefficient (Wildman–Crippen LogP) is 2.82. The fourth-order valence-electron chi connectivity index (χ4n) is 4.37. The van der Waals surface area contributed by atoms with Crippen LogP contribution < -0.4 is 15.4 Å². The Labute approximate surface area is 138 Å². The third-order valence-corrected chi connectivity index (χ3v) is 5.38. The average molecular weight is 304 g/mol. The van der Waals surface area contributed by atoms with Crippen molar-refractivity contribution in [2.75, 3.05) is 18.1 Å². The number of hydrazine groups is 1. The Balaban J connectivity index is 2.10. The highest BCUT2D eigenvalue weighted by Crippen LogP contribution is 2.48. The summed E-state index contributed by atoms with van der Waals surface area (Å²) in [4.78, 5) is 0. The minimum absolute atomic E-state index is 0.0931. The zero-order valence-corrected chi connectivity index (χ0v) is 14.4. The molecule has 2 heteroatoms. The first kappa shape index (κ1) is 14.5. The first-order valence-electron chi connectivity index (χ1n) is 8.59. The highest BCUT2D eigenvalue weighted by Gasteiger charge is 2.47. The molecule has 0 spiro atoms. The zero-order valence-electron chi connectivity index (χ0n) is 14.4. The van der Waals surface area contributed by atoms with Gasteiger partial charge >= 0.3 is 0 Å². The number of benzene rings is 2. The second-order valence-corrected chi connectivity index (χ2v) is 6.67. The number of para-hydroxylation sites is 1. The first-order chi connectivity index (χ1) is 11.1. The van der Waals surface area contributed by atoms with Gasteiger partial charge in [0.15, 0.2) is 0 Å². The number of anilines is 1. The van der Waals surface area contributed by atoms with Crippen LogP contribution in [-0.4, -0.2) is 23.6 Å². The predicted molar refractivity (Wildman–Crippen MR) is 97.7 cm³/mol. The van der Waals surface area contributed by atoms with Crippen molar-refractivity contribution < 1.29 is 0 Å². The molecule has 0 N–H and O–H groups in total. The summed E-state index contributed by atoms with van der Waals surface area (Å²) in [5.74, 6) is 0. The smallest absolute Gasteiger partial charge is 0.0988 e. The van der Waals surface area contributed by atoms with Crippen LogP contribution >= 0.6 is 0 Å². The van der Waals surface area contributed by atoms with Crippen molar-refractivity contribution in [1.82, 2.24) is 5.01 Å². The monoisotopic (exact) mass is 304 g/mol. The van der Waals surface area contributed by atoms with Gasteiger partial charge < -0.3 is 0 Å². The van der Waals surface area contributed by atoms with Crippen LogP contribution in [0.2, 0.25) is 0 Å². The lowest BCUT2D eigenvalue weighted by Gasteiger charge is -2.42. The van der Waals surface area contributed by atoms with Crippen LogP contribution in [0.4, 0.5) is 5.69 Å². The van der Waals surface area contributed by atoms with Gasteiger partial charge in [-0.3, -0.25) is 5.01 Å². The van der Waals surface area contributed by atoms with Gasteiger partial charge in [0.1, 0.15) is 0 Å². The van der Waals surface area contributed by atoms with Crippen molar-refractivity contribution in [3.63, 3.8) is 0 Å². The largest absolute Gasteiger partial charge is 0.291 e. The third kappa shape index (κ3) is 1.79. The number of aryl methyl sites for hydroxylation is 1. The van der Waals surface area contributed by atoms with E-state index >= 15 is 0 Å². The maximum atomic E-state index is 2.51. The standard InChI is InChI=1S/C21H24N2/c1-5-22(6-2)23-19-13-8-7-11-17(19)20-16-12-9-10-15(3)18(16)14-21(20,23)4/h7-14H,5-6H2,1-4H3. The Morgan fingerprint density at radius 2 is 1.74 bits per heavy atom. The van der Waals surface area contributed by atoms with Crippen molar-refractivity contribution in [2.45, 2.75) is 33.2 Å². The topological polar surface area (TPSA) is 6.48 Å². The highest BCUT2D eigenvalue weighted by atomic mass is 15.7. The van der Waals surface area contributed by atoms with Crippen molar-refractivity contribution in [2.24, 2.45) is 0 Å². The van der Waals surface area contributed by atoms with Crippen molar-refractivity contribution in [3.05, 3.63) is 64.0 Å². The van der Waals surface area contributed by atoms with Gasteiger partial charge in [0.25, 0.3) is 0 Å². The lowest BCUT2D eigenvalue weighted by molar-refractivity contribution is 0.254. The van der Waals surface area contributed by atoms with Crippen molar-refractivity contribution >= 4 is 17.3 Å². The zero-order chi connectivity index (χ0) is 16.2. The number of fused-ring (bicyclic) bond motifs is 4. The summed E-state index contributed by atoms with van der Waals surface area (Å²) >= 11 is 0. The number of hydrogen-bond donors (Lipinski definition) is 0. The molecule has 1 heterocycles. The Morgan fingerprint density at radius 3 is 2.48 bits per heavy atom. The molecular weight excluding hydrogens is 280 g/mol. The first-order valence-corrected chi connectivity index (χ1v) is 8.59. The summed E-state index contributed by atoms with van der Waals surface area (Å²) < 4.78 is 0. The maximum Gasteiger partial charge on any atom is 0.0988 e. The van der Waals surface area contributed by atoms with E-state index in [0.29, 0.717) is 0 Å². The molecule has 118 valence electrons. The van der Waals surface area contributed by atoms with Gasteiger partial charge in [-0.15, -0.1) is 0 Å². The van der Waals surface area contributed by atoms with Gasteiger partial charge in [-0.05, 0) is 47.6 Å². The lowest BCUT2D eigenvalue weighted by Crippen LogP contribution is -2.52. The quantitative estimate of drug-likeness (QED) is 0.860. The van der Waals surface area contributed by atoms with E-state index in [0.717, 1.165) is 13.1 Å². The third-order valence-electron chi connectivity index (χ3n) is 5.38. The average Bonchev–Trinajstić information content (AvgIpc) is 2.99. The lowest BCUT2D eigenvalue weighted by atomic mass is 9.93. The fourth-order valence-corrected chi connectivity index (χ4v) is 4.37. The summed E-state index contributed by atoms with van der Waals surface area (Å²) in [6.07, 6.45) is 2.46. The van der Waals surface area contributed by atoms with E-state index < -0.39 is 0 Å². The van der Waals surface area contributed by atoms with E-state index in [-0.39, 0.29) is 5.54 Å². The molecule has 0 saturated heterocycles. The molecule has 2 nitrogen and oxygen atoms in total. The van der Waals surface area contributed by atoms with Gasteiger partial charge in [0, 0.05) is 18.7 Å². The summed E-state index contributed by atoms with van der Waals surface area (Å²) in [5, 5.41) is 7.76. The second-order valence-electron chi connectivity index (χ2n) is 6.67. The molecule has 23 heavy (non-hydrogen) atoms. The van der Waals surface area contributed by atoms with E-state index in [2.05, 4.69) is 86.3 Å². The van der Waals surface area contributed by atoms with Gasteiger partial charge in [-0.2, -0.15) is 0 Å². The van der Waals surface area contributed by atoms with Crippen LogP contribution in [0.25, 0.3) is 11.6 Å². The normalized spacial score (nSPS) is 21.3. The highest BCUT2D eigenvalue weighted by molar-refractivity contribution is 5.97. The van der Waals surface area contributed by atoms with E-state index in [1.165, 1.54) is 32.8 Å². The molecule has 2 aliphatic rings. The Bertz CT molecular complexity index is 892. The minimum Gasteiger partial charge on any atom is -0.291 e. The fraction of sp³-hybridized carbons (Fsp3) is 0.333. The van der Waals surface area contributed by atoms with E-state index in [4.69, 9.17) is 0 Å². The van der Waals surface area contributed by atoms with Crippen LogP contribution in [0.15, 0.2) is 42.5 Å². The molecule has 1 atom stereocenters. The van der Waals surface area contributed by atoms with Crippen molar-refractivity contribution in [3.8, 4) is 0 Å². The van der Waals surface area contributed by atoms with Crippen molar-refractivity contribution in [1.29, 1.82) is 0 Å². The van der Waals surface area contributed by atoms with E-state index in [1.807, 2.05) is 0 Å². The summed E-state index contributed by atoms with van der Waals surface area (Å²) in [7, 11) is 0. The molecule has 0 radical (unpaired) electrons. The number of rotatable bonds is 3. The molecule has 1 aliphatic heterocycles. The Kier molecular flexibility index (Phi) is 3.14. The second kappa shape index (κ2) is 4.97. The molecule has 2 aromatic carbocycles. The SMILES string of the molecule is CCN(CC)N1c2ccccc2C2=c3cccc(C)c3=CC21C. The van der Waals surface area contributed by atoms with Crippen LogP contribution in [-0.2, 0) is 0 Å². The number of hydrogen-bond acceptors (Lipinski definition) is 2.